The summed E-state index contributed by atoms with van der Waals surface area (Å²) in [5.74, 6) is -0.118. The predicted octanol–water partition coefficient (Wildman–Crippen LogP) is 1.52. The lowest BCUT2D eigenvalue weighted by atomic mass is 10.1. The SMILES string of the molecule is O=C(O)c1ccc(N2CCCC2CCCO)nc1. The van der Waals surface area contributed by atoms with Crippen LogP contribution in [0.1, 0.15) is 36.0 Å². The second-order valence-corrected chi connectivity index (χ2v) is 4.57. The Bertz CT molecular complexity index is 405. The van der Waals surface area contributed by atoms with E-state index >= 15 is 0 Å². The molecule has 2 rings (SSSR count). The number of anilines is 1. The molecule has 98 valence electrons. The van der Waals surface area contributed by atoms with Crippen molar-refractivity contribution in [3.8, 4) is 0 Å². The molecule has 0 aromatic carbocycles. The molecule has 0 aliphatic carbocycles. The molecule has 1 aliphatic heterocycles. The summed E-state index contributed by atoms with van der Waals surface area (Å²) in [4.78, 5) is 17.2. The molecule has 5 nitrogen and oxygen atoms in total. The minimum absolute atomic E-state index is 0.213. The minimum atomic E-state index is -0.952. The molecule has 1 aromatic rings. The highest BCUT2D eigenvalue weighted by Gasteiger charge is 2.25. The van der Waals surface area contributed by atoms with Gasteiger partial charge in [-0.05, 0) is 37.8 Å². The lowest BCUT2D eigenvalue weighted by Gasteiger charge is -2.25. The summed E-state index contributed by atoms with van der Waals surface area (Å²) in [5.41, 5.74) is 0.213. The van der Waals surface area contributed by atoms with Crippen LogP contribution in [0.4, 0.5) is 5.82 Å². The second-order valence-electron chi connectivity index (χ2n) is 4.57. The number of nitrogens with zero attached hydrogens (tertiary/aromatic N) is 2. The van der Waals surface area contributed by atoms with E-state index in [2.05, 4.69) is 9.88 Å². The Labute approximate surface area is 106 Å². The zero-order valence-electron chi connectivity index (χ0n) is 10.2. The highest BCUT2D eigenvalue weighted by molar-refractivity contribution is 5.87. The molecule has 1 atom stereocenters. The summed E-state index contributed by atoms with van der Waals surface area (Å²) in [5, 5.41) is 17.7. The molecular weight excluding hydrogens is 232 g/mol. The topological polar surface area (TPSA) is 73.7 Å². The summed E-state index contributed by atoms with van der Waals surface area (Å²) in [6.45, 7) is 1.17. The zero-order valence-corrected chi connectivity index (χ0v) is 10.2. The second kappa shape index (κ2) is 5.82. The van der Waals surface area contributed by atoms with Crippen molar-refractivity contribution in [2.75, 3.05) is 18.1 Å². The Morgan fingerprint density at radius 1 is 1.50 bits per heavy atom. The van der Waals surface area contributed by atoms with Crippen LogP contribution >= 0.6 is 0 Å². The highest BCUT2D eigenvalue weighted by Crippen LogP contribution is 2.26. The number of carboxylic acids is 1. The van der Waals surface area contributed by atoms with Gasteiger partial charge in [-0.15, -0.1) is 0 Å². The Morgan fingerprint density at radius 2 is 2.33 bits per heavy atom. The molecule has 0 saturated carbocycles. The molecule has 2 heterocycles. The van der Waals surface area contributed by atoms with E-state index in [1.807, 2.05) is 0 Å². The Balaban J connectivity index is 2.07. The van der Waals surface area contributed by atoms with E-state index in [9.17, 15) is 4.79 Å². The normalized spacial score (nSPS) is 19.2. The fraction of sp³-hybridized carbons (Fsp3) is 0.538. The number of aromatic carboxylic acids is 1. The molecule has 0 bridgehead atoms. The van der Waals surface area contributed by atoms with Gasteiger partial charge in [0.1, 0.15) is 5.82 Å². The molecule has 1 aliphatic rings. The van der Waals surface area contributed by atoms with Gasteiger partial charge in [-0.3, -0.25) is 0 Å². The first-order chi connectivity index (χ1) is 8.72. The zero-order chi connectivity index (χ0) is 13.0. The van der Waals surface area contributed by atoms with Gasteiger partial charge >= 0.3 is 5.97 Å². The Kier molecular flexibility index (Phi) is 4.15. The van der Waals surface area contributed by atoms with Gasteiger partial charge in [-0.25, -0.2) is 9.78 Å². The van der Waals surface area contributed by atoms with Crippen LogP contribution < -0.4 is 4.90 Å². The van der Waals surface area contributed by atoms with Crippen molar-refractivity contribution < 1.29 is 15.0 Å². The molecule has 18 heavy (non-hydrogen) atoms. The van der Waals surface area contributed by atoms with Crippen molar-refractivity contribution in [2.24, 2.45) is 0 Å². The molecule has 2 N–H and O–H groups in total. The average molecular weight is 250 g/mol. The number of aromatic nitrogens is 1. The molecule has 0 radical (unpaired) electrons. The quantitative estimate of drug-likeness (QED) is 0.828. The standard InChI is InChI=1S/C13H18N2O3/c16-8-2-4-11-3-1-7-15(11)12-6-5-10(9-14-12)13(17)18/h5-6,9,11,16H,1-4,7-8H2,(H,17,18). The maximum atomic E-state index is 10.8. The summed E-state index contributed by atoms with van der Waals surface area (Å²) in [7, 11) is 0. The van der Waals surface area contributed by atoms with Gasteiger partial charge in [0, 0.05) is 25.4 Å². The van der Waals surface area contributed by atoms with Crippen molar-refractivity contribution in [3.63, 3.8) is 0 Å². The lowest BCUT2D eigenvalue weighted by molar-refractivity contribution is 0.0696. The van der Waals surface area contributed by atoms with Gasteiger partial charge < -0.3 is 15.1 Å². The van der Waals surface area contributed by atoms with E-state index in [1.54, 1.807) is 12.1 Å². The van der Waals surface area contributed by atoms with Gasteiger partial charge in [0.2, 0.25) is 0 Å². The van der Waals surface area contributed by atoms with Crippen LogP contribution in [0.5, 0.6) is 0 Å². The first-order valence-electron chi connectivity index (χ1n) is 6.29. The fourth-order valence-electron chi connectivity index (χ4n) is 2.45. The number of aliphatic hydroxyl groups is 1. The van der Waals surface area contributed by atoms with Crippen molar-refractivity contribution >= 4 is 11.8 Å². The van der Waals surface area contributed by atoms with Crippen molar-refractivity contribution in [3.05, 3.63) is 23.9 Å². The third-order valence-electron chi connectivity index (χ3n) is 3.36. The van der Waals surface area contributed by atoms with Gasteiger partial charge in [-0.2, -0.15) is 0 Å². The smallest absolute Gasteiger partial charge is 0.337 e. The molecule has 0 amide bonds. The van der Waals surface area contributed by atoms with Crippen LogP contribution in [0.2, 0.25) is 0 Å². The third kappa shape index (κ3) is 2.79. The molecule has 1 unspecified atom stereocenters. The van der Waals surface area contributed by atoms with E-state index in [0.29, 0.717) is 6.04 Å². The monoisotopic (exact) mass is 250 g/mol. The van der Waals surface area contributed by atoms with Crippen LogP contribution in [0.3, 0.4) is 0 Å². The summed E-state index contributed by atoms with van der Waals surface area (Å²) >= 11 is 0. The number of hydrogen-bond acceptors (Lipinski definition) is 4. The van der Waals surface area contributed by atoms with Crippen molar-refractivity contribution in [1.82, 2.24) is 4.98 Å². The number of pyridine rings is 1. The molecule has 1 fully saturated rings. The maximum absolute atomic E-state index is 10.8. The van der Waals surface area contributed by atoms with E-state index in [0.717, 1.165) is 38.0 Å². The number of carboxylic acid groups (broad SMARTS) is 1. The fourth-order valence-corrected chi connectivity index (χ4v) is 2.45. The van der Waals surface area contributed by atoms with Gasteiger partial charge in [-0.1, -0.05) is 0 Å². The highest BCUT2D eigenvalue weighted by atomic mass is 16.4. The lowest BCUT2D eigenvalue weighted by Crippen LogP contribution is -2.30. The first kappa shape index (κ1) is 12.8. The van der Waals surface area contributed by atoms with Crippen LogP contribution in [0.25, 0.3) is 0 Å². The molecule has 1 saturated heterocycles. The number of aliphatic hydroxyl groups excluding tert-OH is 1. The summed E-state index contributed by atoms with van der Waals surface area (Å²) < 4.78 is 0. The molecule has 1 aromatic heterocycles. The minimum Gasteiger partial charge on any atom is -0.478 e. The van der Waals surface area contributed by atoms with E-state index in [-0.39, 0.29) is 12.2 Å². The van der Waals surface area contributed by atoms with E-state index < -0.39 is 5.97 Å². The van der Waals surface area contributed by atoms with Crippen LogP contribution in [0, 0.1) is 0 Å². The Hall–Kier alpha value is -1.62. The van der Waals surface area contributed by atoms with Crippen molar-refractivity contribution in [1.29, 1.82) is 0 Å². The number of rotatable bonds is 5. The van der Waals surface area contributed by atoms with E-state index in [4.69, 9.17) is 10.2 Å². The third-order valence-corrected chi connectivity index (χ3v) is 3.36. The van der Waals surface area contributed by atoms with Crippen molar-refractivity contribution in [2.45, 2.75) is 31.7 Å². The molecule has 0 spiro atoms. The van der Waals surface area contributed by atoms with Gasteiger partial charge in [0.25, 0.3) is 0 Å². The van der Waals surface area contributed by atoms with Crippen LogP contribution in [0.15, 0.2) is 18.3 Å². The average Bonchev–Trinajstić information content (AvgIpc) is 2.84. The summed E-state index contributed by atoms with van der Waals surface area (Å²) in [6.07, 6.45) is 5.40. The number of hydrogen-bond donors (Lipinski definition) is 2. The van der Waals surface area contributed by atoms with Gasteiger partial charge in [0.05, 0.1) is 5.56 Å². The molecule has 5 heteroatoms. The van der Waals surface area contributed by atoms with Crippen LogP contribution in [-0.4, -0.2) is 40.4 Å². The van der Waals surface area contributed by atoms with Crippen LogP contribution in [-0.2, 0) is 0 Å². The largest absolute Gasteiger partial charge is 0.478 e. The Morgan fingerprint density at radius 3 is 2.94 bits per heavy atom. The number of carbonyl (C=O) groups is 1. The summed E-state index contributed by atoms with van der Waals surface area (Å²) in [6, 6.07) is 3.77. The first-order valence-corrected chi connectivity index (χ1v) is 6.29. The van der Waals surface area contributed by atoms with Gasteiger partial charge in [0.15, 0.2) is 0 Å². The maximum Gasteiger partial charge on any atom is 0.337 e. The van der Waals surface area contributed by atoms with E-state index in [1.165, 1.54) is 6.20 Å². The predicted molar refractivity (Wildman–Crippen MR) is 67.9 cm³/mol. The molecular formula is C13H18N2O3.